The van der Waals surface area contributed by atoms with Gasteiger partial charge in [0.25, 0.3) is 0 Å². The fourth-order valence-electron chi connectivity index (χ4n) is 0. The summed E-state index contributed by atoms with van der Waals surface area (Å²) in [7, 11) is 0. The molecular formula is C9H12N4. The molecule has 0 unspecified atom stereocenters. The molecule has 68 valence electrons. The van der Waals surface area contributed by atoms with Gasteiger partial charge >= 0.3 is 0 Å². The van der Waals surface area contributed by atoms with E-state index in [9.17, 15) is 0 Å². The maximum Gasteiger partial charge on any atom is 0.0587 e. The molecule has 0 rings (SSSR count). The first-order valence-electron chi connectivity index (χ1n) is 2.89. The molecule has 0 aliphatic carbocycles. The zero-order valence-electron chi connectivity index (χ0n) is 8.29. The average Bonchev–Trinajstić information content (AvgIpc) is 1.92. The van der Waals surface area contributed by atoms with Crippen LogP contribution in [0.5, 0.6) is 0 Å². The molecule has 0 amide bonds. The SMILES string of the molecule is CC#N.CC#N.CC#N.CC#N.[C]. The van der Waals surface area contributed by atoms with Crippen molar-refractivity contribution in [3.63, 3.8) is 0 Å². The molecule has 0 aliphatic rings. The summed E-state index contributed by atoms with van der Waals surface area (Å²) in [4.78, 5) is 0. The third-order valence-corrected chi connectivity index (χ3v) is 0. The first-order chi connectivity index (χ1) is 5.66. The van der Waals surface area contributed by atoms with E-state index >= 15 is 0 Å². The summed E-state index contributed by atoms with van der Waals surface area (Å²) in [6.45, 7) is 5.72. The second-order valence-electron chi connectivity index (χ2n) is 0.894. The lowest BCUT2D eigenvalue weighted by Gasteiger charge is -1.15. The summed E-state index contributed by atoms with van der Waals surface area (Å²) in [5.41, 5.74) is 0. The van der Waals surface area contributed by atoms with E-state index in [2.05, 4.69) is 0 Å². The van der Waals surface area contributed by atoms with Crippen LogP contribution >= 0.6 is 0 Å². The predicted molar refractivity (Wildman–Crippen MR) is 48.4 cm³/mol. The van der Waals surface area contributed by atoms with Crippen molar-refractivity contribution in [2.75, 3.05) is 0 Å². The largest absolute Gasteiger partial charge is 0.199 e. The van der Waals surface area contributed by atoms with Gasteiger partial charge in [0.15, 0.2) is 0 Å². The zero-order chi connectivity index (χ0) is 10.8. The van der Waals surface area contributed by atoms with Crippen molar-refractivity contribution >= 4 is 0 Å². The molecule has 4 nitrogen and oxygen atoms in total. The highest BCUT2D eigenvalue weighted by Gasteiger charge is 1.18. The van der Waals surface area contributed by atoms with Crippen molar-refractivity contribution in [1.29, 1.82) is 21.0 Å². The molecule has 0 aromatic carbocycles. The van der Waals surface area contributed by atoms with Crippen LogP contribution in [0.1, 0.15) is 27.7 Å². The lowest BCUT2D eigenvalue weighted by atomic mass is 11.0. The number of hydrogen-bond donors (Lipinski definition) is 0. The maximum atomic E-state index is 7.32. The fourth-order valence-corrected chi connectivity index (χ4v) is 0. The fraction of sp³-hybridized carbons (Fsp3) is 0.444. The molecule has 0 fully saturated rings. The van der Waals surface area contributed by atoms with E-state index in [1.54, 1.807) is 24.3 Å². The second-order valence-corrected chi connectivity index (χ2v) is 0.894. The minimum absolute atomic E-state index is 0. The van der Waals surface area contributed by atoms with Gasteiger partial charge in [-0.1, -0.05) is 0 Å². The topological polar surface area (TPSA) is 95.2 Å². The van der Waals surface area contributed by atoms with E-state index < -0.39 is 0 Å². The Morgan fingerprint density at radius 3 is 0.538 bits per heavy atom. The van der Waals surface area contributed by atoms with Crippen LogP contribution in [0.4, 0.5) is 0 Å². The Morgan fingerprint density at radius 2 is 0.538 bits per heavy atom. The van der Waals surface area contributed by atoms with Gasteiger partial charge in [0.2, 0.25) is 0 Å². The maximum absolute atomic E-state index is 7.32. The summed E-state index contributed by atoms with van der Waals surface area (Å²) in [6, 6.07) is 7.00. The van der Waals surface area contributed by atoms with E-state index in [4.69, 9.17) is 21.0 Å². The molecule has 0 saturated carbocycles. The monoisotopic (exact) mass is 176 g/mol. The van der Waals surface area contributed by atoms with E-state index in [1.165, 1.54) is 27.7 Å². The van der Waals surface area contributed by atoms with Crippen molar-refractivity contribution in [3.8, 4) is 24.3 Å². The Balaban J connectivity index is -0.0000000213. The molecule has 0 spiro atoms. The van der Waals surface area contributed by atoms with Crippen LogP contribution in [0, 0.1) is 52.8 Å². The van der Waals surface area contributed by atoms with Crippen molar-refractivity contribution in [1.82, 2.24) is 0 Å². The standard InChI is InChI=1S/4C2H3N.C/c4*1-2-3;/h4*1H3;. The smallest absolute Gasteiger partial charge is 0.0587 e. The lowest BCUT2D eigenvalue weighted by Crippen LogP contribution is -1.10. The van der Waals surface area contributed by atoms with Gasteiger partial charge in [-0.15, -0.1) is 0 Å². The third-order valence-electron chi connectivity index (χ3n) is 0. The van der Waals surface area contributed by atoms with E-state index in [0.29, 0.717) is 0 Å². The van der Waals surface area contributed by atoms with Gasteiger partial charge in [0.1, 0.15) is 0 Å². The quantitative estimate of drug-likeness (QED) is 0.565. The number of hydrogen-bond acceptors (Lipinski definition) is 4. The highest BCUT2D eigenvalue weighted by atomic mass is 14.2. The molecule has 0 aromatic heterocycles. The molecule has 0 N–H and O–H groups in total. The Morgan fingerprint density at radius 1 is 0.538 bits per heavy atom. The van der Waals surface area contributed by atoms with E-state index in [0.717, 1.165) is 0 Å². The number of rotatable bonds is 0. The number of nitrogens with zero attached hydrogens (tertiary/aromatic N) is 4. The summed E-state index contributed by atoms with van der Waals surface area (Å²) < 4.78 is 0. The van der Waals surface area contributed by atoms with Crippen LogP contribution in [-0.2, 0) is 0 Å². The normalized spacial score (nSPS) is 2.46. The van der Waals surface area contributed by atoms with E-state index in [1.807, 2.05) is 0 Å². The Kier molecular flexibility index (Phi) is 490. The first-order valence-corrected chi connectivity index (χ1v) is 2.89. The third kappa shape index (κ3) is 152. The lowest BCUT2D eigenvalue weighted by molar-refractivity contribution is 1.49. The second kappa shape index (κ2) is 208. The molecule has 0 saturated heterocycles. The highest BCUT2D eigenvalue weighted by molar-refractivity contribution is 4.51. The molecule has 0 aromatic rings. The van der Waals surface area contributed by atoms with Crippen molar-refractivity contribution in [3.05, 3.63) is 7.43 Å². The molecule has 4 heteroatoms. The van der Waals surface area contributed by atoms with Gasteiger partial charge in [-0.2, -0.15) is 21.0 Å². The molecule has 0 aliphatic heterocycles. The minimum Gasteiger partial charge on any atom is -0.199 e. The van der Waals surface area contributed by atoms with Gasteiger partial charge in [-0.05, 0) is 0 Å². The van der Waals surface area contributed by atoms with Gasteiger partial charge in [-0.3, -0.25) is 0 Å². The first kappa shape index (κ1) is 30.6. The summed E-state index contributed by atoms with van der Waals surface area (Å²) in [5, 5.41) is 29.3. The van der Waals surface area contributed by atoms with E-state index in [-0.39, 0.29) is 7.43 Å². The summed E-state index contributed by atoms with van der Waals surface area (Å²) in [6.07, 6.45) is 0. The minimum atomic E-state index is 0. The molecule has 0 heterocycles. The van der Waals surface area contributed by atoms with Gasteiger partial charge in [0, 0.05) is 35.1 Å². The van der Waals surface area contributed by atoms with Crippen LogP contribution < -0.4 is 0 Å². The molecule has 0 bridgehead atoms. The van der Waals surface area contributed by atoms with Gasteiger partial charge in [0.05, 0.1) is 24.3 Å². The molecular weight excluding hydrogens is 164 g/mol. The van der Waals surface area contributed by atoms with Crippen LogP contribution in [-0.4, -0.2) is 0 Å². The predicted octanol–water partition coefficient (Wildman–Crippen LogP) is 2.20. The molecule has 13 heavy (non-hydrogen) atoms. The highest BCUT2D eigenvalue weighted by Crippen LogP contribution is 1.22. The van der Waals surface area contributed by atoms with Crippen LogP contribution in [0.15, 0.2) is 0 Å². The zero-order valence-corrected chi connectivity index (χ0v) is 8.29. The Hall–Kier alpha value is -2.04. The van der Waals surface area contributed by atoms with Gasteiger partial charge < -0.3 is 0 Å². The van der Waals surface area contributed by atoms with Crippen LogP contribution in [0.3, 0.4) is 0 Å². The number of nitriles is 4. The Bertz CT molecular complexity index is 146. The molecule has 0 atom stereocenters. The molecule has 4 radical (unpaired) electrons. The summed E-state index contributed by atoms with van der Waals surface area (Å²) in [5.74, 6) is 0. The van der Waals surface area contributed by atoms with Crippen molar-refractivity contribution in [2.45, 2.75) is 27.7 Å². The van der Waals surface area contributed by atoms with Gasteiger partial charge in [-0.25, -0.2) is 0 Å². The summed E-state index contributed by atoms with van der Waals surface area (Å²) >= 11 is 0. The van der Waals surface area contributed by atoms with Crippen LogP contribution in [0.2, 0.25) is 0 Å². The average molecular weight is 176 g/mol. The van der Waals surface area contributed by atoms with Crippen LogP contribution in [0.25, 0.3) is 0 Å². The van der Waals surface area contributed by atoms with Crippen molar-refractivity contribution in [2.24, 2.45) is 0 Å². The Labute approximate surface area is 81.3 Å². The van der Waals surface area contributed by atoms with Crippen molar-refractivity contribution < 1.29 is 0 Å².